The van der Waals surface area contributed by atoms with Crippen LogP contribution in [0.1, 0.15) is 261 Å². The number of fused-ring (bicyclic) bond motifs is 15. The Morgan fingerprint density at radius 2 is 0.711 bits per heavy atom. The summed E-state index contributed by atoms with van der Waals surface area (Å²) in [5.74, 6) is -0.234. The quantitative estimate of drug-likeness (QED) is 0.0279. The molecule has 6 saturated heterocycles. The third-order valence-corrected chi connectivity index (χ3v) is 29.7. The van der Waals surface area contributed by atoms with Crippen molar-refractivity contribution in [2.24, 2.45) is 56.7 Å². The number of piperidine rings is 4. The van der Waals surface area contributed by atoms with E-state index in [1.165, 1.54) is 174 Å². The smallest absolute Gasteiger partial charge is 0.360 e. The molecule has 6 aliphatic heterocycles. The predicted molar refractivity (Wildman–Crippen MR) is 457 cm³/mol. The number of nitrogens with two attached hydrogens (primary N) is 1. The molecule has 6 saturated carbocycles. The van der Waals surface area contributed by atoms with E-state index in [-0.39, 0.29) is 54.3 Å². The number of likely N-dealkylation sites (N-methyl/N-ethyl adjacent to an activating group) is 1. The summed E-state index contributed by atoms with van der Waals surface area (Å²) in [4.78, 5) is 141. The first-order chi connectivity index (χ1) is 58.4. The van der Waals surface area contributed by atoms with E-state index in [4.69, 9.17) is 25.0 Å². The molecule has 12 unspecified atom stereocenters. The lowest BCUT2D eigenvalue weighted by Gasteiger charge is -2.55. The Labute approximate surface area is 705 Å². The summed E-state index contributed by atoms with van der Waals surface area (Å²) in [6.45, 7) is 2.68. The van der Waals surface area contributed by atoms with Crippen molar-refractivity contribution >= 4 is 80.0 Å². The highest BCUT2D eigenvalue weighted by Gasteiger charge is 2.51. The summed E-state index contributed by atoms with van der Waals surface area (Å²) in [6.07, 6.45) is 40.6. The average Bonchev–Trinajstić information content (AvgIpc) is 1.67. The van der Waals surface area contributed by atoms with Crippen molar-refractivity contribution in [3.63, 3.8) is 0 Å². The molecule has 6 aliphatic carbocycles. The zero-order chi connectivity index (χ0) is 84.5. The van der Waals surface area contributed by atoms with Crippen LogP contribution in [0.25, 0.3) is 33.1 Å². The Morgan fingerprint density at radius 1 is 0.405 bits per heavy atom. The van der Waals surface area contributed by atoms with Crippen LogP contribution in [0, 0.1) is 35.5 Å². The number of primary amides is 1. The van der Waals surface area contributed by atoms with Crippen molar-refractivity contribution in [2.75, 3.05) is 41.0 Å². The maximum Gasteiger partial charge on any atom is 0.360 e. The van der Waals surface area contributed by atoms with Crippen LogP contribution < -0.4 is 22.4 Å². The zero-order valence-corrected chi connectivity index (χ0v) is 70.9. The number of methoxy groups -OCH3 is 1. The van der Waals surface area contributed by atoms with Crippen LogP contribution in [0.4, 0.5) is 0 Å². The number of aromatic nitrogens is 6. The zero-order valence-electron chi connectivity index (χ0n) is 70.9. The summed E-state index contributed by atoms with van der Waals surface area (Å²) in [5, 5.41) is 41.1. The predicted octanol–water partition coefficient (Wildman–Crippen LogP) is 12.2. The third-order valence-electron chi connectivity index (χ3n) is 29.7. The topological polar surface area (TPSA) is 364 Å². The molecule has 121 heavy (non-hydrogen) atoms. The molecule has 2 amide bonds. The molecule has 0 spiro atoms. The van der Waals surface area contributed by atoms with Gasteiger partial charge in [-0.1, -0.05) is 129 Å². The summed E-state index contributed by atoms with van der Waals surface area (Å²) >= 11 is 0. The molecule has 12 aliphatic rings. The van der Waals surface area contributed by atoms with Crippen LogP contribution in [0.3, 0.4) is 0 Å². The fourth-order valence-electron chi connectivity index (χ4n) is 24.6. The summed E-state index contributed by atoms with van der Waals surface area (Å²) in [7, 11) is 4.66. The minimum absolute atomic E-state index is 0.00628. The Kier molecular flexibility index (Phi) is 26.1. The summed E-state index contributed by atoms with van der Waals surface area (Å²) in [5.41, 5.74) is 3.74. The standard InChI is InChI=1S/2C31H41N5O5.C30H40N4O5/c1-34(2)27(37)18-41-33-29(31(39)40)28-30(38)36(26-12-4-3-11-25(26)32-28)24-16-21-9-6-10-22(17-24)35(21)23-14-19-7-5-8-20(13-19)15-23;1-31(2,30(32)40)41-34-27(29(38)39)26-28(37)36(25-10-6-5-9-24(25)33-26)23-16-20-11-12-21(17-23)35(20)22-14-18-7-3-4-8-19(13-18)15-22;1-38-12-13-39-32-28(30(36)37)27-29(35)34(26-9-5-4-8-25(26)31-27)24-17-21-10-11-22(18-24)33(21)23-15-19-6-2-3-7-20(14-19)16-23/h3-4,11-12,19-24H,5-10,13-18H2,1-2H3,(H,39,40);5-6,9-10,18-23H,3-4,7-8,11-17H2,1-2H3,(H2,32,40)(H,38,39);4-5,8-9,19-24H,2-3,6-7,10-18H2,1H3,(H,36,37)/b33-29-;34-27-;32-28-. The molecule has 650 valence electrons. The normalized spacial score (nSPS) is 30.7. The number of hydrogen-bond donors (Lipinski definition) is 4. The molecule has 9 heterocycles. The number of oxime groups is 3. The van der Waals surface area contributed by atoms with Gasteiger partial charge in [-0.25, -0.2) is 29.3 Å². The number of rotatable bonds is 22. The van der Waals surface area contributed by atoms with Crippen LogP contribution in [0.2, 0.25) is 0 Å². The number of carboxylic acids is 3. The van der Waals surface area contributed by atoms with Crippen molar-refractivity contribution in [1.82, 2.24) is 48.3 Å². The second-order valence-corrected chi connectivity index (χ2v) is 38.0. The number of amides is 2. The van der Waals surface area contributed by atoms with Crippen LogP contribution in [0.15, 0.2) is 103 Å². The van der Waals surface area contributed by atoms with Gasteiger partial charge >= 0.3 is 17.9 Å². The van der Waals surface area contributed by atoms with Crippen molar-refractivity contribution < 1.29 is 58.5 Å². The maximum absolute atomic E-state index is 14.1. The highest BCUT2D eigenvalue weighted by atomic mass is 16.7. The number of para-hydroxylation sites is 6. The van der Waals surface area contributed by atoms with Crippen molar-refractivity contribution in [1.29, 1.82) is 0 Å². The van der Waals surface area contributed by atoms with Gasteiger partial charge in [0.25, 0.3) is 28.5 Å². The van der Waals surface area contributed by atoms with Crippen LogP contribution >= 0.6 is 0 Å². The van der Waals surface area contributed by atoms with E-state index in [1.54, 1.807) is 35.4 Å². The van der Waals surface area contributed by atoms with Gasteiger partial charge in [-0.15, -0.1) is 0 Å². The Bertz CT molecular complexity index is 5030. The SMILES string of the molecule is CC(C)(O/N=C(\C(=O)O)c1nc2ccccc2n(C2CC3CCC(C2)N3C2CC3CCCCC(C3)C2)c1=O)C(N)=O.CN(C)C(=O)CO/N=C(\C(=O)O)c1nc2ccccc2n(C2CC3CCCC(C2)N3C2CC3CCCC(C3)C2)c1=O.COCCO/N=C(\C(=O)O)c1nc2ccccc2n(C2CC3CCC(C2)N3C2CC3CCCCC(C3)C2)c1=O. The first-order valence-electron chi connectivity index (χ1n) is 45.2. The molecular weight excluding hydrogens is 1540 g/mol. The number of ether oxygens (including phenoxy) is 1. The Balaban J connectivity index is 0.000000135. The second kappa shape index (κ2) is 37.0. The minimum Gasteiger partial charge on any atom is -0.476 e. The van der Waals surface area contributed by atoms with Gasteiger partial charge in [0.2, 0.25) is 22.7 Å². The van der Waals surface area contributed by atoms with E-state index in [0.29, 0.717) is 82.0 Å². The lowest BCUT2D eigenvalue weighted by atomic mass is 9.68. The van der Waals surface area contributed by atoms with Crippen molar-refractivity contribution in [3.05, 3.63) is 121 Å². The van der Waals surface area contributed by atoms with E-state index in [9.17, 15) is 53.7 Å². The number of carboxylic acid groups (broad SMARTS) is 3. The summed E-state index contributed by atoms with van der Waals surface area (Å²) < 4.78 is 10.3. The minimum atomic E-state index is -1.56. The number of aliphatic carboxylic acids is 3. The lowest BCUT2D eigenvalue weighted by Crippen LogP contribution is -2.58. The highest BCUT2D eigenvalue weighted by Crippen LogP contribution is 2.52. The van der Waals surface area contributed by atoms with Gasteiger partial charge in [-0.05, 0) is 221 Å². The van der Waals surface area contributed by atoms with Crippen molar-refractivity contribution in [3.8, 4) is 0 Å². The maximum atomic E-state index is 14.1. The molecule has 3 aromatic carbocycles. The fraction of sp³-hybridized carbons (Fsp3) is 0.652. The first kappa shape index (κ1) is 85.3. The number of carbonyl (C=O) groups excluding carboxylic acids is 2. The molecule has 12 bridgehead atoms. The molecule has 6 aromatic rings. The number of hydrogen-bond acceptors (Lipinski definition) is 21. The van der Waals surface area contributed by atoms with Gasteiger partial charge in [0.1, 0.15) is 6.61 Å². The molecule has 18 rings (SSSR count). The van der Waals surface area contributed by atoms with Gasteiger partial charge in [-0.2, -0.15) is 0 Å². The number of carbonyl (C=O) groups is 5. The molecule has 29 nitrogen and oxygen atoms in total. The molecule has 5 N–H and O–H groups in total. The van der Waals surface area contributed by atoms with Crippen molar-refractivity contribution in [2.45, 2.75) is 304 Å². The molecule has 12 atom stereocenters. The van der Waals surface area contributed by atoms with Crippen LogP contribution in [-0.2, 0) is 43.2 Å². The van der Waals surface area contributed by atoms with E-state index in [1.807, 2.05) is 65.2 Å². The lowest BCUT2D eigenvalue weighted by molar-refractivity contribution is -0.140. The second-order valence-electron chi connectivity index (χ2n) is 38.0. The van der Waals surface area contributed by atoms with Gasteiger partial charge in [-0.3, -0.25) is 38.7 Å². The summed E-state index contributed by atoms with van der Waals surface area (Å²) in [6, 6.07) is 26.6. The Morgan fingerprint density at radius 3 is 1.03 bits per heavy atom. The van der Waals surface area contributed by atoms with E-state index >= 15 is 0 Å². The Hall–Kier alpha value is -9.32. The van der Waals surface area contributed by atoms with E-state index in [2.05, 4.69) is 45.1 Å². The highest BCUT2D eigenvalue weighted by molar-refractivity contribution is 6.43. The third kappa shape index (κ3) is 18.2. The monoisotopic (exact) mass is 1660 g/mol. The van der Waals surface area contributed by atoms with Gasteiger partial charge in [0.05, 0.1) is 39.7 Å². The van der Waals surface area contributed by atoms with Crippen LogP contribution in [-0.4, -0.2) is 211 Å². The molecule has 3 aromatic heterocycles. The van der Waals surface area contributed by atoms with Crippen LogP contribution in [0.5, 0.6) is 0 Å². The first-order valence-corrected chi connectivity index (χ1v) is 45.2. The van der Waals surface area contributed by atoms with Gasteiger partial charge in [0.15, 0.2) is 23.7 Å². The number of nitrogens with zero attached hydrogens (tertiary/aromatic N) is 13. The van der Waals surface area contributed by atoms with E-state index in [0.717, 1.165) is 105 Å². The number of benzene rings is 3. The molecule has 29 heteroatoms. The van der Waals surface area contributed by atoms with Gasteiger partial charge in [0, 0.05) is 93.7 Å². The average molecular weight is 1660 g/mol. The van der Waals surface area contributed by atoms with E-state index < -0.39 is 69.8 Å². The fourth-order valence-corrected chi connectivity index (χ4v) is 24.6. The molecular formula is C92H122N14O15. The molecule has 0 radical (unpaired) electrons. The molecule has 12 fully saturated rings. The largest absolute Gasteiger partial charge is 0.476 e. The van der Waals surface area contributed by atoms with Gasteiger partial charge < -0.3 is 58.9 Å².